The molecule has 19 heavy (non-hydrogen) atoms. The van der Waals surface area contributed by atoms with E-state index in [-0.39, 0.29) is 18.4 Å². The van der Waals surface area contributed by atoms with Crippen molar-refractivity contribution in [1.29, 1.82) is 0 Å². The highest BCUT2D eigenvalue weighted by molar-refractivity contribution is 5.96. The summed E-state index contributed by atoms with van der Waals surface area (Å²) in [5, 5.41) is 4.62. The van der Waals surface area contributed by atoms with E-state index >= 15 is 0 Å². The molecule has 0 aromatic carbocycles. The molecule has 2 N–H and O–H groups in total. The molecule has 0 radical (unpaired) electrons. The molecule has 0 atom stereocenters. The number of urea groups is 1. The minimum Gasteiger partial charge on any atom is -0.493 e. The molecule has 3 amide bonds. The fraction of sp³-hybridized carbons (Fsp3) is 0.545. The van der Waals surface area contributed by atoms with Gasteiger partial charge >= 0.3 is 12.0 Å². The van der Waals surface area contributed by atoms with Crippen LogP contribution in [0.1, 0.15) is 12.8 Å². The van der Waals surface area contributed by atoms with Gasteiger partial charge in [0.15, 0.2) is 6.61 Å². The molecule has 8 heteroatoms. The molecule has 1 saturated carbocycles. The van der Waals surface area contributed by atoms with Gasteiger partial charge < -0.3 is 19.5 Å². The number of hydrogen-bond donors (Lipinski definition) is 2. The highest BCUT2D eigenvalue weighted by atomic mass is 16.6. The summed E-state index contributed by atoms with van der Waals surface area (Å²) >= 11 is 0. The Morgan fingerprint density at radius 1 is 1.32 bits per heavy atom. The summed E-state index contributed by atoms with van der Waals surface area (Å²) in [6, 6.07) is -0.437. The van der Waals surface area contributed by atoms with E-state index in [2.05, 4.69) is 15.4 Å². The zero-order chi connectivity index (χ0) is 13.7. The van der Waals surface area contributed by atoms with E-state index in [1.807, 2.05) is 0 Å². The molecule has 0 saturated heterocycles. The predicted molar refractivity (Wildman–Crippen MR) is 60.6 cm³/mol. The minimum atomic E-state index is -0.808. The Morgan fingerprint density at radius 2 is 2.11 bits per heavy atom. The third kappa shape index (κ3) is 4.49. The number of rotatable bonds is 4. The monoisotopic (exact) mass is 270 g/mol. The molecule has 0 unspecified atom stereocenters. The van der Waals surface area contributed by atoms with Crippen molar-refractivity contribution in [3.8, 4) is 0 Å². The third-order valence-corrected chi connectivity index (χ3v) is 2.35. The second kappa shape index (κ2) is 6.07. The topological polar surface area (TPSA) is 103 Å². The van der Waals surface area contributed by atoms with Crippen LogP contribution in [0.3, 0.4) is 0 Å². The quantitative estimate of drug-likeness (QED) is 0.662. The average Bonchev–Trinajstić information content (AvgIpc) is 3.20. The van der Waals surface area contributed by atoms with Gasteiger partial charge in [-0.1, -0.05) is 0 Å². The van der Waals surface area contributed by atoms with Crippen LogP contribution in [0.2, 0.25) is 0 Å². The van der Waals surface area contributed by atoms with Gasteiger partial charge in [-0.25, -0.2) is 9.59 Å². The lowest BCUT2D eigenvalue weighted by Gasteiger charge is -2.14. The van der Waals surface area contributed by atoms with Gasteiger partial charge in [0.25, 0.3) is 5.91 Å². The molecule has 1 fully saturated rings. The molecule has 2 rings (SSSR count). The second-order valence-corrected chi connectivity index (χ2v) is 4.07. The van der Waals surface area contributed by atoms with Crippen LogP contribution in [-0.2, 0) is 23.8 Å². The van der Waals surface area contributed by atoms with Crippen LogP contribution in [0.4, 0.5) is 4.79 Å². The van der Waals surface area contributed by atoms with Crippen LogP contribution in [0.15, 0.2) is 12.0 Å². The standard InChI is InChI=1S/C11H14N2O6/c14-9(13-11(16)12-7-1-2-7)6-19-10(15)8-5-17-3-4-18-8/h5,7H,1-4,6H2,(H2,12,13,14,16). The van der Waals surface area contributed by atoms with Gasteiger partial charge in [0, 0.05) is 6.04 Å². The van der Waals surface area contributed by atoms with Crippen molar-refractivity contribution in [3.05, 3.63) is 12.0 Å². The van der Waals surface area contributed by atoms with Crippen LogP contribution in [0.5, 0.6) is 0 Å². The lowest BCUT2D eigenvalue weighted by molar-refractivity contribution is -0.149. The zero-order valence-electron chi connectivity index (χ0n) is 10.1. The van der Waals surface area contributed by atoms with Crippen molar-refractivity contribution in [2.45, 2.75) is 18.9 Å². The number of carbonyl (C=O) groups excluding carboxylic acids is 3. The highest BCUT2D eigenvalue weighted by Crippen LogP contribution is 2.18. The van der Waals surface area contributed by atoms with Crippen molar-refractivity contribution in [1.82, 2.24) is 10.6 Å². The van der Waals surface area contributed by atoms with Crippen LogP contribution in [-0.4, -0.2) is 43.8 Å². The molecule has 8 nitrogen and oxygen atoms in total. The fourth-order valence-electron chi connectivity index (χ4n) is 1.29. The van der Waals surface area contributed by atoms with E-state index in [1.165, 1.54) is 0 Å². The van der Waals surface area contributed by atoms with E-state index in [1.54, 1.807) is 0 Å². The van der Waals surface area contributed by atoms with E-state index in [4.69, 9.17) is 9.47 Å². The molecule has 1 aliphatic carbocycles. The molecule has 0 aromatic heterocycles. The zero-order valence-corrected chi connectivity index (χ0v) is 10.1. The normalized spacial score (nSPS) is 17.4. The molecular formula is C11H14N2O6. The van der Waals surface area contributed by atoms with Crippen LogP contribution >= 0.6 is 0 Å². The molecule has 2 aliphatic rings. The van der Waals surface area contributed by atoms with Gasteiger partial charge in [-0.15, -0.1) is 0 Å². The summed E-state index contributed by atoms with van der Waals surface area (Å²) in [5.41, 5.74) is 0. The molecule has 0 spiro atoms. The van der Waals surface area contributed by atoms with E-state index in [0.717, 1.165) is 19.1 Å². The van der Waals surface area contributed by atoms with Crippen molar-refractivity contribution in [3.63, 3.8) is 0 Å². The van der Waals surface area contributed by atoms with Crippen LogP contribution in [0, 0.1) is 0 Å². The van der Waals surface area contributed by atoms with Gasteiger partial charge in [-0.3, -0.25) is 10.1 Å². The number of esters is 1. The lowest BCUT2D eigenvalue weighted by Crippen LogP contribution is -2.42. The van der Waals surface area contributed by atoms with Crippen molar-refractivity contribution >= 4 is 17.9 Å². The molecule has 104 valence electrons. The van der Waals surface area contributed by atoms with Gasteiger partial charge in [0.2, 0.25) is 5.76 Å². The van der Waals surface area contributed by atoms with Crippen molar-refractivity contribution in [2.75, 3.05) is 19.8 Å². The number of imide groups is 1. The van der Waals surface area contributed by atoms with Gasteiger partial charge in [0.05, 0.1) is 0 Å². The first kappa shape index (κ1) is 13.2. The summed E-state index contributed by atoms with van der Waals surface area (Å²) in [5.74, 6) is -1.61. The second-order valence-electron chi connectivity index (χ2n) is 4.07. The first-order valence-electron chi connectivity index (χ1n) is 5.87. The van der Waals surface area contributed by atoms with E-state index in [9.17, 15) is 14.4 Å². The SMILES string of the molecule is O=C(COC(=O)C1=COCCO1)NC(=O)NC1CC1. The van der Waals surface area contributed by atoms with Gasteiger partial charge in [0.1, 0.15) is 19.5 Å². The maximum Gasteiger partial charge on any atom is 0.377 e. The maximum atomic E-state index is 11.4. The summed E-state index contributed by atoms with van der Waals surface area (Å²) in [4.78, 5) is 33.9. The first-order chi connectivity index (χ1) is 9.15. The molecule has 1 aliphatic heterocycles. The largest absolute Gasteiger partial charge is 0.493 e. The fourth-order valence-corrected chi connectivity index (χ4v) is 1.29. The Bertz CT molecular complexity index is 415. The van der Waals surface area contributed by atoms with Crippen LogP contribution in [0.25, 0.3) is 0 Å². The number of ether oxygens (including phenoxy) is 3. The predicted octanol–water partition coefficient (Wildman–Crippen LogP) is -0.594. The first-order valence-corrected chi connectivity index (χ1v) is 5.87. The number of nitrogens with one attached hydrogen (secondary N) is 2. The number of amides is 3. The average molecular weight is 270 g/mol. The third-order valence-electron chi connectivity index (χ3n) is 2.35. The van der Waals surface area contributed by atoms with Crippen molar-refractivity contribution in [2.24, 2.45) is 0 Å². The smallest absolute Gasteiger partial charge is 0.377 e. The summed E-state index contributed by atoms with van der Waals surface area (Å²) in [7, 11) is 0. The molecule has 0 aromatic rings. The summed E-state index contributed by atoms with van der Waals surface area (Å²) < 4.78 is 14.5. The Hall–Kier alpha value is -2.25. The lowest BCUT2D eigenvalue weighted by atomic mass is 10.5. The molecule has 1 heterocycles. The Kier molecular flexibility index (Phi) is 4.22. The van der Waals surface area contributed by atoms with E-state index < -0.39 is 24.5 Å². The molecule has 0 bridgehead atoms. The Balaban J connectivity index is 1.66. The number of carbonyl (C=O) groups is 3. The Morgan fingerprint density at radius 3 is 2.74 bits per heavy atom. The molecular weight excluding hydrogens is 256 g/mol. The Labute approximate surface area is 109 Å². The van der Waals surface area contributed by atoms with Gasteiger partial charge in [-0.05, 0) is 12.8 Å². The van der Waals surface area contributed by atoms with Crippen LogP contribution < -0.4 is 10.6 Å². The number of hydrogen-bond acceptors (Lipinski definition) is 6. The van der Waals surface area contributed by atoms with E-state index in [0.29, 0.717) is 6.61 Å². The summed E-state index contributed by atoms with van der Waals surface area (Å²) in [6.07, 6.45) is 2.97. The van der Waals surface area contributed by atoms with Crippen molar-refractivity contribution < 1.29 is 28.6 Å². The highest BCUT2D eigenvalue weighted by Gasteiger charge is 2.24. The minimum absolute atomic E-state index is 0.0959. The maximum absolute atomic E-state index is 11.4. The summed E-state index contributed by atoms with van der Waals surface area (Å²) in [6.45, 7) is 0.0488. The van der Waals surface area contributed by atoms with Gasteiger partial charge in [-0.2, -0.15) is 0 Å².